The number of benzene rings is 2. The Morgan fingerprint density at radius 1 is 1.00 bits per heavy atom. The molecule has 1 unspecified atom stereocenters. The SMILES string of the molecule is CC1c2ccccc2CSc2c1sc1ccccc21. The maximum absolute atomic E-state index is 2.35. The summed E-state index contributed by atoms with van der Waals surface area (Å²) in [6, 6.07) is 17.7. The van der Waals surface area contributed by atoms with Gasteiger partial charge >= 0.3 is 0 Å². The molecular formula is C17H14S2. The Labute approximate surface area is 121 Å². The van der Waals surface area contributed by atoms with Crippen LogP contribution in [0, 0.1) is 0 Å². The van der Waals surface area contributed by atoms with Gasteiger partial charge in [0.05, 0.1) is 0 Å². The van der Waals surface area contributed by atoms with Gasteiger partial charge in [0.1, 0.15) is 0 Å². The third kappa shape index (κ3) is 1.74. The summed E-state index contributed by atoms with van der Waals surface area (Å²) in [7, 11) is 0. The number of thiophene rings is 1. The van der Waals surface area contributed by atoms with Gasteiger partial charge in [-0.15, -0.1) is 23.1 Å². The average Bonchev–Trinajstić information content (AvgIpc) is 2.77. The minimum Gasteiger partial charge on any atom is -0.138 e. The first-order valence-corrected chi connectivity index (χ1v) is 8.37. The van der Waals surface area contributed by atoms with E-state index in [-0.39, 0.29) is 0 Å². The van der Waals surface area contributed by atoms with Crippen LogP contribution in [0.15, 0.2) is 53.4 Å². The molecule has 3 aromatic rings. The third-order valence-corrected chi connectivity index (χ3v) is 6.53. The predicted molar refractivity (Wildman–Crippen MR) is 85.3 cm³/mol. The van der Waals surface area contributed by atoms with E-state index in [0.29, 0.717) is 5.92 Å². The van der Waals surface area contributed by atoms with Gasteiger partial charge in [-0.25, -0.2) is 0 Å². The minimum atomic E-state index is 0.513. The Kier molecular flexibility index (Phi) is 2.68. The Bertz CT molecular complexity index is 755. The lowest BCUT2D eigenvalue weighted by atomic mass is 9.95. The highest BCUT2D eigenvalue weighted by Gasteiger charge is 2.23. The van der Waals surface area contributed by atoms with Gasteiger partial charge in [0.2, 0.25) is 0 Å². The highest BCUT2D eigenvalue weighted by atomic mass is 32.2. The highest BCUT2D eigenvalue weighted by molar-refractivity contribution is 7.99. The van der Waals surface area contributed by atoms with Gasteiger partial charge in [-0.2, -0.15) is 0 Å². The normalized spacial score (nSPS) is 17.8. The van der Waals surface area contributed by atoms with Crippen LogP contribution in [0.5, 0.6) is 0 Å². The topological polar surface area (TPSA) is 0 Å². The number of fused-ring (bicyclic) bond motifs is 4. The van der Waals surface area contributed by atoms with Crippen LogP contribution in [0.3, 0.4) is 0 Å². The van der Waals surface area contributed by atoms with Crippen molar-refractivity contribution >= 4 is 33.2 Å². The van der Waals surface area contributed by atoms with Gasteiger partial charge in [-0.05, 0) is 17.2 Å². The maximum Gasteiger partial charge on any atom is 0.0357 e. The molecule has 0 bridgehead atoms. The van der Waals surface area contributed by atoms with Crippen LogP contribution in [0.1, 0.15) is 28.8 Å². The molecule has 0 saturated heterocycles. The van der Waals surface area contributed by atoms with Crippen molar-refractivity contribution < 1.29 is 0 Å². The first kappa shape index (κ1) is 11.6. The van der Waals surface area contributed by atoms with Gasteiger partial charge in [-0.3, -0.25) is 0 Å². The van der Waals surface area contributed by atoms with Gasteiger partial charge in [0.25, 0.3) is 0 Å². The van der Waals surface area contributed by atoms with Crippen molar-refractivity contribution in [1.82, 2.24) is 0 Å². The monoisotopic (exact) mass is 282 g/mol. The fourth-order valence-corrected chi connectivity index (χ4v) is 5.61. The van der Waals surface area contributed by atoms with Crippen molar-refractivity contribution in [3.05, 3.63) is 64.5 Å². The van der Waals surface area contributed by atoms with Crippen LogP contribution < -0.4 is 0 Å². The molecule has 0 nitrogen and oxygen atoms in total. The summed E-state index contributed by atoms with van der Waals surface area (Å²) in [6.07, 6.45) is 0. The summed E-state index contributed by atoms with van der Waals surface area (Å²) >= 11 is 3.97. The Morgan fingerprint density at radius 3 is 2.74 bits per heavy atom. The molecule has 0 N–H and O–H groups in total. The number of hydrogen-bond donors (Lipinski definition) is 0. The van der Waals surface area contributed by atoms with Crippen LogP contribution in [0.4, 0.5) is 0 Å². The second kappa shape index (κ2) is 4.39. The second-order valence-electron chi connectivity index (χ2n) is 5.00. The van der Waals surface area contributed by atoms with E-state index in [0.717, 1.165) is 5.75 Å². The molecule has 1 aromatic heterocycles. The first-order chi connectivity index (χ1) is 9.34. The van der Waals surface area contributed by atoms with E-state index in [9.17, 15) is 0 Å². The molecule has 4 rings (SSSR count). The van der Waals surface area contributed by atoms with E-state index in [1.165, 1.54) is 31.0 Å². The van der Waals surface area contributed by atoms with E-state index in [1.807, 2.05) is 23.1 Å². The van der Waals surface area contributed by atoms with Crippen molar-refractivity contribution in [2.24, 2.45) is 0 Å². The lowest BCUT2D eigenvalue weighted by molar-refractivity contribution is 0.920. The number of thioether (sulfide) groups is 1. The van der Waals surface area contributed by atoms with E-state index in [4.69, 9.17) is 0 Å². The Hall–Kier alpha value is -1.25. The third-order valence-electron chi connectivity index (χ3n) is 3.86. The molecule has 0 radical (unpaired) electrons. The van der Waals surface area contributed by atoms with E-state index in [2.05, 4.69) is 55.5 Å². The van der Waals surface area contributed by atoms with Crippen molar-refractivity contribution in [3.63, 3.8) is 0 Å². The molecule has 0 spiro atoms. The van der Waals surface area contributed by atoms with Gasteiger partial charge in [0.15, 0.2) is 0 Å². The first-order valence-electron chi connectivity index (χ1n) is 6.56. The Balaban J connectivity index is 1.98. The van der Waals surface area contributed by atoms with Crippen molar-refractivity contribution in [3.8, 4) is 0 Å². The number of rotatable bonds is 0. The van der Waals surface area contributed by atoms with E-state index in [1.54, 1.807) is 0 Å². The molecule has 0 saturated carbocycles. The molecule has 1 aliphatic rings. The largest absolute Gasteiger partial charge is 0.138 e. The van der Waals surface area contributed by atoms with Crippen LogP contribution in [0.2, 0.25) is 0 Å². The lowest BCUT2D eigenvalue weighted by Crippen LogP contribution is -1.95. The van der Waals surface area contributed by atoms with Gasteiger partial charge in [-0.1, -0.05) is 49.4 Å². The fourth-order valence-electron chi connectivity index (χ4n) is 2.85. The zero-order chi connectivity index (χ0) is 12.8. The molecule has 0 amide bonds. The van der Waals surface area contributed by atoms with Crippen LogP contribution in [-0.4, -0.2) is 0 Å². The van der Waals surface area contributed by atoms with Crippen LogP contribution in [0.25, 0.3) is 10.1 Å². The summed E-state index contributed by atoms with van der Waals surface area (Å²) in [5, 5.41) is 1.44. The lowest BCUT2D eigenvalue weighted by Gasteiger charge is -2.11. The summed E-state index contributed by atoms with van der Waals surface area (Å²) < 4.78 is 1.42. The summed E-state index contributed by atoms with van der Waals surface area (Å²) in [6.45, 7) is 2.35. The van der Waals surface area contributed by atoms with E-state index < -0.39 is 0 Å². The van der Waals surface area contributed by atoms with Crippen molar-refractivity contribution in [1.29, 1.82) is 0 Å². The highest BCUT2D eigenvalue weighted by Crippen LogP contribution is 2.48. The Morgan fingerprint density at radius 2 is 1.79 bits per heavy atom. The minimum absolute atomic E-state index is 0.513. The van der Waals surface area contributed by atoms with Gasteiger partial charge < -0.3 is 0 Å². The standard InChI is InChI=1S/C17H14S2/c1-11-13-7-3-2-6-12(13)10-18-17-14-8-4-5-9-15(14)19-16(11)17/h2-9,11H,10H2,1H3. The van der Waals surface area contributed by atoms with Crippen molar-refractivity contribution in [2.45, 2.75) is 23.5 Å². The molecule has 2 heterocycles. The summed E-state index contributed by atoms with van der Waals surface area (Å²) in [5.74, 6) is 1.60. The van der Waals surface area contributed by atoms with Gasteiger partial charge in [0, 0.05) is 31.5 Å². The molecule has 2 aromatic carbocycles. The molecular weight excluding hydrogens is 268 g/mol. The molecule has 0 fully saturated rings. The van der Waals surface area contributed by atoms with Crippen molar-refractivity contribution in [2.75, 3.05) is 0 Å². The van der Waals surface area contributed by atoms with Crippen LogP contribution >= 0.6 is 23.1 Å². The smallest absolute Gasteiger partial charge is 0.0357 e. The zero-order valence-corrected chi connectivity index (χ0v) is 12.4. The number of hydrogen-bond acceptors (Lipinski definition) is 2. The molecule has 1 aliphatic heterocycles. The summed E-state index contributed by atoms with van der Waals surface area (Å²) in [5.41, 5.74) is 2.99. The second-order valence-corrected chi connectivity index (χ2v) is 7.07. The summed E-state index contributed by atoms with van der Waals surface area (Å²) in [4.78, 5) is 3.04. The maximum atomic E-state index is 2.35. The zero-order valence-electron chi connectivity index (χ0n) is 10.7. The van der Waals surface area contributed by atoms with Crippen LogP contribution in [-0.2, 0) is 5.75 Å². The average molecular weight is 282 g/mol. The quantitative estimate of drug-likeness (QED) is 0.513. The molecule has 1 atom stereocenters. The molecule has 19 heavy (non-hydrogen) atoms. The molecule has 0 aliphatic carbocycles. The molecule has 2 heteroatoms. The van der Waals surface area contributed by atoms with E-state index >= 15 is 0 Å². The molecule has 94 valence electrons. The fraction of sp³-hybridized carbons (Fsp3) is 0.176. The predicted octanol–water partition coefficient (Wildman–Crippen LogP) is 5.66.